The van der Waals surface area contributed by atoms with Crippen LogP contribution < -0.4 is 0 Å². The van der Waals surface area contributed by atoms with E-state index in [0.717, 1.165) is 0 Å². The molecule has 0 aliphatic heterocycles. The summed E-state index contributed by atoms with van der Waals surface area (Å²) >= 11 is 0. The van der Waals surface area contributed by atoms with Gasteiger partial charge in [0.25, 0.3) is 0 Å². The maximum atomic E-state index is 8.68. The molecular formula is C12H22N3O4P. The molecule has 0 aromatic carbocycles. The van der Waals surface area contributed by atoms with Gasteiger partial charge in [0.2, 0.25) is 0 Å². The Morgan fingerprint density at radius 3 is 1.40 bits per heavy atom. The van der Waals surface area contributed by atoms with Gasteiger partial charge in [-0.25, -0.2) is 14.4 Å². The van der Waals surface area contributed by atoms with E-state index in [1.54, 1.807) is 13.8 Å². The molecule has 0 rings (SSSR count). The van der Waals surface area contributed by atoms with E-state index in [1.807, 2.05) is 44.5 Å². The van der Waals surface area contributed by atoms with E-state index in [0.29, 0.717) is 0 Å². The minimum Gasteiger partial charge on any atom is -0.228 e. The van der Waals surface area contributed by atoms with Crippen molar-refractivity contribution in [1.29, 1.82) is 10.5 Å². The predicted molar refractivity (Wildman–Crippen MR) is 73.5 cm³/mol. The molecule has 0 amide bonds. The van der Waals surface area contributed by atoms with Gasteiger partial charge in [-0.2, -0.15) is 19.9 Å². The van der Waals surface area contributed by atoms with Gasteiger partial charge in [0.15, 0.2) is 12.2 Å². The van der Waals surface area contributed by atoms with Crippen molar-refractivity contribution in [2.24, 2.45) is 0 Å². The highest BCUT2D eigenvalue weighted by atomic mass is 31.2. The Morgan fingerprint density at radius 2 is 1.15 bits per heavy atom. The van der Waals surface area contributed by atoms with Gasteiger partial charge in [0.1, 0.15) is 0 Å². The minimum atomic E-state index is -1.69. The Bertz CT molecular complexity index is 322. The number of hydrogen-bond acceptors (Lipinski definition) is 7. The van der Waals surface area contributed by atoms with Crippen LogP contribution in [0.5, 0.6) is 0 Å². The van der Waals surface area contributed by atoms with Crippen LogP contribution in [0.15, 0.2) is 0 Å². The molecule has 0 spiro atoms. The van der Waals surface area contributed by atoms with Gasteiger partial charge >= 0.3 is 8.53 Å². The molecule has 0 aliphatic rings. The lowest BCUT2D eigenvalue weighted by Crippen LogP contribution is -2.34. The first kappa shape index (κ1) is 19.2. The monoisotopic (exact) mass is 303 g/mol. The number of nitrogens with zero attached hydrogens (tertiary/aromatic N) is 3. The van der Waals surface area contributed by atoms with Gasteiger partial charge in [-0.3, -0.25) is 0 Å². The van der Waals surface area contributed by atoms with Crippen LogP contribution in [-0.4, -0.2) is 29.0 Å². The van der Waals surface area contributed by atoms with Gasteiger partial charge in [-0.05, 0) is 41.5 Å². The third-order valence-electron chi connectivity index (χ3n) is 2.11. The van der Waals surface area contributed by atoms with Crippen LogP contribution in [-0.2, 0) is 19.1 Å². The molecule has 0 aliphatic carbocycles. The van der Waals surface area contributed by atoms with Crippen molar-refractivity contribution >= 4 is 8.53 Å². The van der Waals surface area contributed by atoms with E-state index < -0.39 is 20.7 Å². The van der Waals surface area contributed by atoms with Gasteiger partial charge in [-0.1, -0.05) is 0 Å². The summed E-state index contributed by atoms with van der Waals surface area (Å²) in [6, 6.07) is 4.01. The predicted octanol–water partition coefficient (Wildman–Crippen LogP) is 3.05. The van der Waals surface area contributed by atoms with E-state index in [4.69, 9.17) is 29.6 Å². The van der Waals surface area contributed by atoms with Crippen LogP contribution in [0.1, 0.15) is 41.5 Å². The first-order chi connectivity index (χ1) is 9.33. The lowest BCUT2D eigenvalue weighted by Gasteiger charge is -2.33. The highest BCUT2D eigenvalue weighted by Gasteiger charge is 2.30. The van der Waals surface area contributed by atoms with Crippen LogP contribution >= 0.6 is 8.53 Å². The van der Waals surface area contributed by atoms with E-state index in [9.17, 15) is 0 Å². The van der Waals surface area contributed by atoms with Crippen LogP contribution in [0.3, 0.4) is 0 Å². The highest BCUT2D eigenvalue weighted by molar-refractivity contribution is 7.44. The van der Waals surface area contributed by atoms with E-state index >= 15 is 0 Å². The summed E-state index contributed by atoms with van der Waals surface area (Å²) in [6.07, 6.45) is -1.45. The molecule has 0 N–H and O–H groups in total. The Hall–Kier alpha value is -0.790. The van der Waals surface area contributed by atoms with Crippen molar-refractivity contribution in [3.8, 4) is 12.1 Å². The maximum absolute atomic E-state index is 8.68. The van der Waals surface area contributed by atoms with Crippen molar-refractivity contribution in [3.63, 3.8) is 0 Å². The quantitative estimate of drug-likeness (QED) is 0.367. The van der Waals surface area contributed by atoms with Crippen molar-refractivity contribution in [1.82, 2.24) is 4.67 Å². The molecule has 0 saturated heterocycles. The molecule has 0 heterocycles. The fraction of sp³-hybridized carbons (Fsp3) is 0.833. The Balaban J connectivity index is 4.76. The third-order valence-corrected chi connectivity index (χ3v) is 3.84. The number of nitriles is 2. The Kier molecular flexibility index (Phi) is 9.62. The lowest BCUT2D eigenvalue weighted by molar-refractivity contribution is -0.280. The van der Waals surface area contributed by atoms with E-state index in [2.05, 4.69) is 0 Å². The summed E-state index contributed by atoms with van der Waals surface area (Å²) in [4.78, 5) is 9.88. The molecule has 7 nitrogen and oxygen atoms in total. The highest BCUT2D eigenvalue weighted by Crippen LogP contribution is 2.46. The topological polar surface area (TPSA) is 87.7 Å². The molecular weight excluding hydrogens is 281 g/mol. The SMILES string of the molecule is CC(C#N)OOP(OOC(C)C#N)N(C(C)C)C(C)C. The molecule has 0 fully saturated rings. The molecule has 0 aromatic heterocycles. The lowest BCUT2D eigenvalue weighted by atomic mass is 10.3. The Morgan fingerprint density at radius 1 is 0.800 bits per heavy atom. The summed E-state index contributed by atoms with van der Waals surface area (Å²) in [5, 5.41) is 17.4. The molecule has 0 radical (unpaired) electrons. The smallest absolute Gasteiger partial charge is 0.228 e. The standard InChI is InChI=1S/C12H22N3O4P/c1-9(2)15(10(3)4)20(18-16-11(5)7-13)19-17-12(6)8-14/h9-12H,1-6H3. The first-order valence-corrected chi connectivity index (χ1v) is 7.51. The average Bonchev–Trinajstić information content (AvgIpc) is 2.39. The van der Waals surface area contributed by atoms with E-state index in [-0.39, 0.29) is 12.1 Å². The van der Waals surface area contributed by atoms with Crippen LogP contribution in [0.25, 0.3) is 0 Å². The molecule has 0 saturated carbocycles. The van der Waals surface area contributed by atoms with Crippen LogP contribution in [0.2, 0.25) is 0 Å². The molecule has 2 atom stereocenters. The second kappa shape index (κ2) is 10.0. The molecule has 114 valence electrons. The van der Waals surface area contributed by atoms with Gasteiger partial charge in [0, 0.05) is 12.1 Å². The summed E-state index contributed by atoms with van der Waals surface area (Å²) in [7, 11) is -1.69. The summed E-state index contributed by atoms with van der Waals surface area (Å²) in [6.45, 7) is 11.0. The van der Waals surface area contributed by atoms with Crippen molar-refractivity contribution in [3.05, 3.63) is 0 Å². The third kappa shape index (κ3) is 7.12. The zero-order chi connectivity index (χ0) is 15.7. The summed E-state index contributed by atoms with van der Waals surface area (Å²) < 4.78 is 12.3. The van der Waals surface area contributed by atoms with Crippen LogP contribution in [0.4, 0.5) is 0 Å². The minimum absolute atomic E-state index is 0.114. The zero-order valence-electron chi connectivity index (χ0n) is 12.7. The molecule has 8 heteroatoms. The fourth-order valence-electron chi connectivity index (χ4n) is 1.31. The molecule has 20 heavy (non-hydrogen) atoms. The fourth-order valence-corrected chi connectivity index (χ4v) is 2.65. The van der Waals surface area contributed by atoms with Crippen molar-refractivity contribution < 1.29 is 19.1 Å². The largest absolute Gasteiger partial charge is 0.324 e. The molecule has 2 unspecified atom stereocenters. The van der Waals surface area contributed by atoms with Gasteiger partial charge < -0.3 is 0 Å². The summed E-state index contributed by atoms with van der Waals surface area (Å²) in [5.41, 5.74) is 0. The molecule has 0 aromatic rings. The number of rotatable bonds is 9. The van der Waals surface area contributed by atoms with Gasteiger partial charge in [-0.15, -0.1) is 0 Å². The van der Waals surface area contributed by atoms with E-state index in [1.165, 1.54) is 0 Å². The summed E-state index contributed by atoms with van der Waals surface area (Å²) in [5.74, 6) is 0. The second-order valence-electron chi connectivity index (χ2n) is 4.69. The second-order valence-corrected chi connectivity index (χ2v) is 5.93. The van der Waals surface area contributed by atoms with Crippen LogP contribution in [0, 0.1) is 22.7 Å². The zero-order valence-corrected chi connectivity index (χ0v) is 13.6. The molecule has 0 bridgehead atoms. The normalized spacial score (nSPS) is 15.9. The van der Waals surface area contributed by atoms with Crippen molar-refractivity contribution in [2.45, 2.75) is 65.8 Å². The number of hydrogen-bond donors (Lipinski definition) is 0. The maximum Gasteiger partial charge on any atom is 0.324 e. The average molecular weight is 303 g/mol. The van der Waals surface area contributed by atoms with Crippen molar-refractivity contribution in [2.75, 3.05) is 0 Å². The first-order valence-electron chi connectivity index (χ1n) is 6.37. The van der Waals surface area contributed by atoms with Gasteiger partial charge in [0.05, 0.1) is 12.1 Å². The Labute approximate surface area is 121 Å².